The van der Waals surface area contributed by atoms with Crippen LogP contribution >= 0.6 is 0 Å². The number of anilines is 1. The van der Waals surface area contributed by atoms with Gasteiger partial charge in [-0.25, -0.2) is 18.4 Å². The summed E-state index contributed by atoms with van der Waals surface area (Å²) in [6, 6.07) is 15.6. The molecule has 0 spiro atoms. The van der Waals surface area contributed by atoms with Crippen molar-refractivity contribution in [3.05, 3.63) is 65.7 Å². The largest absolute Gasteiger partial charge is 0.465 e. The Bertz CT molecular complexity index is 715. The number of hydrogen-bond acceptors (Lipinski definition) is 5. The van der Waals surface area contributed by atoms with E-state index in [-0.39, 0.29) is 5.75 Å². The van der Waals surface area contributed by atoms with Crippen LogP contribution in [0.15, 0.2) is 54.6 Å². The number of esters is 1. The van der Waals surface area contributed by atoms with Crippen LogP contribution in [0.5, 0.6) is 0 Å². The molecule has 7 heteroatoms. The Kier molecular flexibility index (Phi) is 6.55. The molecule has 0 amide bonds. The predicted molar refractivity (Wildman–Crippen MR) is 85.4 cm³/mol. The number of hydrogen-bond donors (Lipinski definition) is 2. The fourth-order valence-corrected chi connectivity index (χ4v) is 2.26. The van der Waals surface area contributed by atoms with E-state index in [1.165, 1.54) is 7.11 Å². The lowest BCUT2D eigenvalue weighted by atomic mass is 10.2. The van der Waals surface area contributed by atoms with Crippen molar-refractivity contribution in [1.82, 2.24) is 0 Å². The maximum Gasteiger partial charge on any atom is 0.339 e. The first-order valence-electron chi connectivity index (χ1n) is 6.30. The summed E-state index contributed by atoms with van der Waals surface area (Å²) >= 11 is 0. The highest BCUT2D eigenvalue weighted by Crippen LogP contribution is 2.10. The number of nitrogen functional groups attached to an aromatic ring is 1. The molecule has 0 atom stereocenters. The second kappa shape index (κ2) is 8.16. The second-order valence-corrected chi connectivity index (χ2v) is 5.99. The number of sulfonamides is 1. The molecule has 0 fully saturated rings. The van der Waals surface area contributed by atoms with Gasteiger partial charge in [0.05, 0.1) is 18.4 Å². The van der Waals surface area contributed by atoms with Gasteiger partial charge in [0.15, 0.2) is 0 Å². The Morgan fingerprint density at radius 3 is 2.09 bits per heavy atom. The number of primary sulfonamides is 1. The van der Waals surface area contributed by atoms with Gasteiger partial charge in [-0.2, -0.15) is 0 Å². The number of rotatable bonds is 3. The van der Waals surface area contributed by atoms with Crippen LogP contribution in [0.4, 0.5) is 5.69 Å². The topological polar surface area (TPSA) is 112 Å². The lowest BCUT2D eigenvalue weighted by Gasteiger charge is -2.00. The maximum atomic E-state index is 10.9. The number of methoxy groups -OCH3 is 1. The molecular formula is C15H18N2O4S. The highest BCUT2D eigenvalue weighted by Gasteiger charge is 2.06. The molecule has 2 aromatic rings. The zero-order chi connectivity index (χ0) is 16.6. The Balaban J connectivity index is 0.000000220. The van der Waals surface area contributed by atoms with Crippen LogP contribution in [0.25, 0.3) is 0 Å². The monoisotopic (exact) mass is 322 g/mol. The third kappa shape index (κ3) is 6.38. The summed E-state index contributed by atoms with van der Waals surface area (Å²) in [5.41, 5.74) is 7.07. The summed E-state index contributed by atoms with van der Waals surface area (Å²) in [6.07, 6.45) is 0. The summed E-state index contributed by atoms with van der Waals surface area (Å²) in [4.78, 5) is 10.9. The lowest BCUT2D eigenvalue weighted by Crippen LogP contribution is -2.14. The number of carbonyl (C=O) groups excluding carboxylic acids is 1. The van der Waals surface area contributed by atoms with Gasteiger partial charge < -0.3 is 10.5 Å². The summed E-state index contributed by atoms with van der Waals surface area (Å²) in [6.45, 7) is 0. The number of benzene rings is 2. The molecule has 0 saturated heterocycles. The first kappa shape index (κ1) is 17.7. The highest BCUT2D eigenvalue weighted by molar-refractivity contribution is 7.88. The molecule has 0 bridgehead atoms. The van der Waals surface area contributed by atoms with E-state index in [1.54, 1.807) is 48.5 Å². The van der Waals surface area contributed by atoms with Gasteiger partial charge in [-0.1, -0.05) is 42.5 Å². The summed E-state index contributed by atoms with van der Waals surface area (Å²) < 4.78 is 25.7. The quantitative estimate of drug-likeness (QED) is 0.657. The average molecular weight is 322 g/mol. The van der Waals surface area contributed by atoms with E-state index in [1.807, 2.05) is 6.07 Å². The molecule has 2 aromatic carbocycles. The fourth-order valence-electron chi connectivity index (χ4n) is 1.60. The van der Waals surface area contributed by atoms with E-state index in [0.717, 1.165) is 5.56 Å². The molecule has 0 unspecified atom stereocenters. The Morgan fingerprint density at radius 2 is 1.59 bits per heavy atom. The summed E-state index contributed by atoms with van der Waals surface area (Å²) in [5, 5.41) is 4.84. The van der Waals surface area contributed by atoms with Gasteiger partial charge in [-0.3, -0.25) is 0 Å². The molecule has 4 N–H and O–H groups in total. The fraction of sp³-hybridized carbons (Fsp3) is 0.133. The first-order valence-corrected chi connectivity index (χ1v) is 8.02. The number of ether oxygens (including phenoxy) is 1. The molecule has 118 valence electrons. The van der Waals surface area contributed by atoms with Crippen molar-refractivity contribution >= 4 is 21.7 Å². The van der Waals surface area contributed by atoms with E-state index in [2.05, 4.69) is 4.74 Å². The summed E-state index contributed by atoms with van der Waals surface area (Å²) in [7, 11) is -2.05. The van der Waals surface area contributed by atoms with Gasteiger partial charge in [0.25, 0.3) is 0 Å². The van der Waals surface area contributed by atoms with Crippen LogP contribution in [0.2, 0.25) is 0 Å². The van der Waals surface area contributed by atoms with Gasteiger partial charge in [-0.05, 0) is 17.7 Å². The van der Waals surface area contributed by atoms with Crippen LogP contribution in [0.1, 0.15) is 15.9 Å². The molecule has 0 aliphatic rings. The average Bonchev–Trinajstić information content (AvgIpc) is 2.47. The van der Waals surface area contributed by atoms with E-state index in [0.29, 0.717) is 11.3 Å². The van der Waals surface area contributed by atoms with Gasteiger partial charge in [0.1, 0.15) is 0 Å². The maximum absolute atomic E-state index is 10.9. The molecule has 22 heavy (non-hydrogen) atoms. The molecule has 0 aliphatic carbocycles. The molecule has 0 aromatic heterocycles. The second-order valence-electron chi connectivity index (χ2n) is 4.37. The smallest absolute Gasteiger partial charge is 0.339 e. The molecule has 0 aliphatic heterocycles. The van der Waals surface area contributed by atoms with E-state index in [4.69, 9.17) is 10.9 Å². The van der Waals surface area contributed by atoms with Crippen molar-refractivity contribution in [1.29, 1.82) is 0 Å². The van der Waals surface area contributed by atoms with Crippen molar-refractivity contribution in [2.24, 2.45) is 5.14 Å². The van der Waals surface area contributed by atoms with Crippen LogP contribution < -0.4 is 10.9 Å². The van der Waals surface area contributed by atoms with Crippen LogP contribution in [-0.2, 0) is 20.5 Å². The molecular weight excluding hydrogens is 304 g/mol. The Labute approximate surface area is 129 Å². The Morgan fingerprint density at radius 1 is 1.05 bits per heavy atom. The molecule has 6 nitrogen and oxygen atoms in total. The zero-order valence-corrected chi connectivity index (χ0v) is 12.9. The third-order valence-electron chi connectivity index (χ3n) is 2.58. The highest BCUT2D eigenvalue weighted by atomic mass is 32.2. The summed E-state index contributed by atoms with van der Waals surface area (Å²) in [5.74, 6) is -0.489. The van der Waals surface area contributed by atoms with Gasteiger partial charge in [0.2, 0.25) is 10.0 Å². The molecule has 0 radical (unpaired) electrons. The van der Waals surface area contributed by atoms with Crippen molar-refractivity contribution in [3.63, 3.8) is 0 Å². The number of carbonyl (C=O) groups is 1. The zero-order valence-electron chi connectivity index (χ0n) is 12.1. The molecule has 0 heterocycles. The van der Waals surface area contributed by atoms with E-state index in [9.17, 15) is 13.2 Å². The number of para-hydroxylation sites is 1. The minimum Gasteiger partial charge on any atom is -0.465 e. The van der Waals surface area contributed by atoms with Crippen LogP contribution in [-0.4, -0.2) is 21.5 Å². The minimum atomic E-state index is -3.38. The van der Waals surface area contributed by atoms with Gasteiger partial charge in [0, 0.05) is 5.69 Å². The predicted octanol–water partition coefficient (Wildman–Crippen LogP) is 1.53. The van der Waals surface area contributed by atoms with Crippen molar-refractivity contribution in [3.8, 4) is 0 Å². The minimum absolute atomic E-state index is 0.0894. The Hall–Kier alpha value is -2.38. The molecule has 2 rings (SSSR count). The van der Waals surface area contributed by atoms with Crippen LogP contribution in [0.3, 0.4) is 0 Å². The number of nitrogens with two attached hydrogens (primary N) is 2. The SMILES string of the molecule is COC(=O)c1ccccc1N.NS(=O)(=O)Cc1ccccc1. The lowest BCUT2D eigenvalue weighted by molar-refractivity contribution is 0.0602. The van der Waals surface area contributed by atoms with Crippen molar-refractivity contribution in [2.45, 2.75) is 5.75 Å². The van der Waals surface area contributed by atoms with Gasteiger partial charge >= 0.3 is 5.97 Å². The van der Waals surface area contributed by atoms with Crippen LogP contribution in [0, 0.1) is 0 Å². The van der Waals surface area contributed by atoms with Crippen molar-refractivity contribution < 1.29 is 17.9 Å². The van der Waals surface area contributed by atoms with E-state index < -0.39 is 16.0 Å². The van der Waals surface area contributed by atoms with Crippen molar-refractivity contribution in [2.75, 3.05) is 12.8 Å². The first-order chi connectivity index (χ1) is 10.3. The molecule has 0 saturated carbocycles. The standard InChI is InChI=1S/C8H9NO2.C7H9NO2S/c1-11-8(10)6-4-2-3-5-7(6)9;8-11(9,10)6-7-4-2-1-3-5-7/h2-5H,9H2,1H3;1-5H,6H2,(H2,8,9,10). The third-order valence-corrected chi connectivity index (χ3v) is 3.31. The van der Waals surface area contributed by atoms with E-state index >= 15 is 0 Å². The normalized spacial score (nSPS) is 10.3. The van der Waals surface area contributed by atoms with Gasteiger partial charge in [-0.15, -0.1) is 0 Å².